The second-order valence-electron chi connectivity index (χ2n) is 5.14. The van der Waals surface area contributed by atoms with E-state index >= 15 is 0 Å². The number of ether oxygens (including phenoxy) is 1. The van der Waals surface area contributed by atoms with E-state index in [1.807, 2.05) is 0 Å². The monoisotopic (exact) mass is 430 g/mol. The third-order valence-electron chi connectivity index (χ3n) is 3.07. The lowest BCUT2D eigenvalue weighted by molar-refractivity contribution is -0.153. The summed E-state index contributed by atoms with van der Waals surface area (Å²) in [7, 11) is 0. The maximum absolute atomic E-state index is 12.3. The highest BCUT2D eigenvalue weighted by atomic mass is 79.9. The molecule has 0 aromatic heterocycles. The highest BCUT2D eigenvalue weighted by Crippen LogP contribution is 2.26. The van der Waals surface area contributed by atoms with Crippen LogP contribution in [0.15, 0.2) is 53.0 Å². The van der Waals surface area contributed by atoms with Crippen molar-refractivity contribution < 1.29 is 27.5 Å². The van der Waals surface area contributed by atoms with Crippen molar-refractivity contribution in [1.29, 1.82) is 0 Å². The van der Waals surface area contributed by atoms with Gasteiger partial charge in [-0.25, -0.2) is 0 Å². The summed E-state index contributed by atoms with van der Waals surface area (Å²) in [4.78, 5) is 23.9. The van der Waals surface area contributed by atoms with E-state index < -0.39 is 24.6 Å². The fraction of sp³-hybridized carbons (Fsp3) is 0.176. The van der Waals surface area contributed by atoms with Crippen LogP contribution in [0.2, 0.25) is 0 Å². The quantitative estimate of drug-likeness (QED) is 0.732. The number of alkyl halides is 3. The van der Waals surface area contributed by atoms with Crippen LogP contribution in [-0.4, -0.2) is 31.1 Å². The van der Waals surface area contributed by atoms with Crippen molar-refractivity contribution >= 4 is 33.4 Å². The summed E-state index contributed by atoms with van der Waals surface area (Å²) in [5.74, 6) is -1.16. The first kappa shape index (κ1) is 19.8. The summed E-state index contributed by atoms with van der Waals surface area (Å²) in [5.41, 5.74) is 0.453. The summed E-state index contributed by atoms with van der Waals surface area (Å²) in [6, 6.07) is 12.3. The van der Waals surface area contributed by atoms with Gasteiger partial charge in [-0.2, -0.15) is 13.2 Å². The number of nitrogens with one attached hydrogen (secondary N) is 2. The maximum Gasteiger partial charge on any atom is 0.422 e. The molecule has 0 atom stereocenters. The molecule has 0 fully saturated rings. The fourth-order valence-corrected chi connectivity index (χ4v) is 2.18. The molecular formula is C17H14BrF3N2O3. The minimum absolute atomic E-state index is 0.0830. The second kappa shape index (κ2) is 8.70. The van der Waals surface area contributed by atoms with Gasteiger partial charge in [0.2, 0.25) is 5.91 Å². The van der Waals surface area contributed by atoms with E-state index in [2.05, 4.69) is 31.3 Å². The van der Waals surface area contributed by atoms with Crippen LogP contribution < -0.4 is 15.4 Å². The molecule has 0 saturated carbocycles. The van der Waals surface area contributed by atoms with Gasteiger partial charge in [0.05, 0.1) is 12.2 Å². The lowest BCUT2D eigenvalue weighted by atomic mass is 10.2. The molecule has 0 aliphatic carbocycles. The Labute approximate surface area is 155 Å². The van der Waals surface area contributed by atoms with E-state index in [0.717, 1.165) is 4.47 Å². The van der Waals surface area contributed by atoms with Crippen molar-refractivity contribution in [3.05, 3.63) is 58.6 Å². The molecule has 5 nitrogen and oxygen atoms in total. The standard InChI is InChI=1S/C17H14BrF3N2O3/c18-12-7-5-11(6-8-12)16(25)22-9-15(24)23-13-3-1-2-4-14(13)26-10-17(19,20)21/h1-8H,9-10H2,(H,22,25)(H,23,24). The van der Waals surface area contributed by atoms with Gasteiger partial charge in [-0.05, 0) is 36.4 Å². The van der Waals surface area contributed by atoms with E-state index in [9.17, 15) is 22.8 Å². The highest BCUT2D eigenvalue weighted by Gasteiger charge is 2.28. The molecule has 2 rings (SSSR count). The lowest BCUT2D eigenvalue weighted by Crippen LogP contribution is -2.33. The number of hydrogen-bond acceptors (Lipinski definition) is 3. The first-order valence-corrected chi connectivity index (χ1v) is 8.16. The van der Waals surface area contributed by atoms with Crippen molar-refractivity contribution in [3.63, 3.8) is 0 Å². The molecule has 0 spiro atoms. The van der Waals surface area contributed by atoms with Gasteiger partial charge < -0.3 is 15.4 Å². The Morgan fingerprint density at radius 2 is 1.69 bits per heavy atom. The zero-order valence-electron chi connectivity index (χ0n) is 13.3. The molecule has 0 unspecified atom stereocenters. The summed E-state index contributed by atoms with van der Waals surface area (Å²) >= 11 is 3.25. The predicted molar refractivity (Wildman–Crippen MR) is 93.1 cm³/mol. The van der Waals surface area contributed by atoms with Crippen molar-refractivity contribution in [1.82, 2.24) is 5.32 Å². The van der Waals surface area contributed by atoms with Gasteiger partial charge in [0.15, 0.2) is 6.61 Å². The van der Waals surface area contributed by atoms with Crippen LogP contribution in [0.4, 0.5) is 18.9 Å². The average molecular weight is 431 g/mol. The van der Waals surface area contributed by atoms with E-state index in [1.54, 1.807) is 24.3 Å². The van der Waals surface area contributed by atoms with Gasteiger partial charge in [-0.15, -0.1) is 0 Å². The predicted octanol–water partition coefficient (Wildman–Crippen LogP) is 3.76. The number of carbonyl (C=O) groups is 2. The van der Waals surface area contributed by atoms with Crippen molar-refractivity contribution in [2.45, 2.75) is 6.18 Å². The molecule has 2 amide bonds. The topological polar surface area (TPSA) is 67.4 Å². The number of rotatable bonds is 6. The zero-order valence-corrected chi connectivity index (χ0v) is 14.9. The summed E-state index contributed by atoms with van der Waals surface area (Å²) < 4.78 is 42.3. The van der Waals surface area contributed by atoms with Gasteiger partial charge in [0, 0.05) is 10.0 Å². The normalized spacial score (nSPS) is 10.9. The third-order valence-corrected chi connectivity index (χ3v) is 3.60. The van der Waals surface area contributed by atoms with Crippen LogP contribution >= 0.6 is 15.9 Å². The number of amides is 2. The smallest absolute Gasteiger partial charge is 0.422 e. The SMILES string of the molecule is O=C(CNC(=O)c1ccc(Br)cc1)Nc1ccccc1OCC(F)(F)F. The van der Waals surface area contributed by atoms with E-state index in [0.29, 0.717) is 5.56 Å². The highest BCUT2D eigenvalue weighted by molar-refractivity contribution is 9.10. The van der Waals surface area contributed by atoms with Crippen molar-refractivity contribution in [2.75, 3.05) is 18.5 Å². The first-order valence-electron chi connectivity index (χ1n) is 7.37. The minimum atomic E-state index is -4.49. The number of halogens is 4. The molecule has 0 saturated heterocycles. The minimum Gasteiger partial charge on any atom is -0.482 e. The average Bonchev–Trinajstić information content (AvgIpc) is 2.59. The fourth-order valence-electron chi connectivity index (χ4n) is 1.91. The zero-order chi connectivity index (χ0) is 19.2. The molecule has 0 heterocycles. The van der Waals surface area contributed by atoms with Crippen LogP contribution in [0, 0.1) is 0 Å². The largest absolute Gasteiger partial charge is 0.482 e. The number of anilines is 1. The van der Waals surface area contributed by atoms with Gasteiger partial charge >= 0.3 is 6.18 Å². The number of hydrogen-bond donors (Lipinski definition) is 2. The molecule has 2 aromatic rings. The number of para-hydroxylation sites is 2. The second-order valence-corrected chi connectivity index (χ2v) is 6.05. The van der Waals surface area contributed by atoms with E-state index in [4.69, 9.17) is 0 Å². The lowest BCUT2D eigenvalue weighted by Gasteiger charge is -2.14. The van der Waals surface area contributed by atoms with Crippen molar-refractivity contribution in [2.24, 2.45) is 0 Å². The Balaban J connectivity index is 1.91. The molecule has 0 aliphatic heterocycles. The number of benzene rings is 2. The molecule has 9 heteroatoms. The van der Waals surface area contributed by atoms with Gasteiger partial charge in [-0.3, -0.25) is 9.59 Å². The summed E-state index contributed by atoms with van der Waals surface area (Å²) in [6.07, 6.45) is -4.49. The molecule has 26 heavy (non-hydrogen) atoms. The third kappa shape index (κ3) is 6.40. The molecule has 0 aliphatic rings. The van der Waals surface area contributed by atoms with Gasteiger partial charge in [0.1, 0.15) is 5.75 Å². The van der Waals surface area contributed by atoms with Crippen LogP contribution in [0.3, 0.4) is 0 Å². The van der Waals surface area contributed by atoms with E-state index in [1.165, 1.54) is 24.3 Å². The molecule has 0 bridgehead atoms. The van der Waals surface area contributed by atoms with Crippen LogP contribution in [-0.2, 0) is 4.79 Å². The van der Waals surface area contributed by atoms with E-state index in [-0.39, 0.29) is 18.0 Å². The number of carbonyl (C=O) groups excluding carboxylic acids is 2. The van der Waals surface area contributed by atoms with Crippen LogP contribution in [0.5, 0.6) is 5.75 Å². The Morgan fingerprint density at radius 3 is 2.35 bits per heavy atom. The Bertz CT molecular complexity index is 780. The van der Waals surface area contributed by atoms with Crippen molar-refractivity contribution in [3.8, 4) is 5.75 Å². The maximum atomic E-state index is 12.3. The molecule has 2 aromatic carbocycles. The summed E-state index contributed by atoms with van der Waals surface area (Å²) in [6.45, 7) is -1.82. The molecular weight excluding hydrogens is 417 g/mol. The first-order chi connectivity index (χ1) is 12.2. The van der Waals surface area contributed by atoms with Crippen LogP contribution in [0.1, 0.15) is 10.4 Å². The van der Waals surface area contributed by atoms with Crippen LogP contribution in [0.25, 0.3) is 0 Å². The Kier molecular flexibility index (Phi) is 6.62. The van der Waals surface area contributed by atoms with Gasteiger partial charge in [0.25, 0.3) is 5.91 Å². The Morgan fingerprint density at radius 1 is 1.04 bits per heavy atom. The molecule has 0 radical (unpaired) electrons. The molecule has 2 N–H and O–H groups in total. The summed E-state index contributed by atoms with van der Waals surface area (Å²) in [5, 5.41) is 4.84. The molecule has 138 valence electrons. The van der Waals surface area contributed by atoms with Gasteiger partial charge in [-0.1, -0.05) is 28.1 Å². The Hall–Kier alpha value is -2.55.